The van der Waals surface area contributed by atoms with Crippen LogP contribution < -0.4 is 10.1 Å². The zero-order valence-electron chi connectivity index (χ0n) is 13.4. The summed E-state index contributed by atoms with van der Waals surface area (Å²) in [5, 5.41) is 4.74. The van der Waals surface area contributed by atoms with Gasteiger partial charge in [-0.3, -0.25) is 0 Å². The van der Waals surface area contributed by atoms with E-state index in [4.69, 9.17) is 9.47 Å². The molecule has 0 aliphatic heterocycles. The molecular weight excluding hydrogens is 294 g/mol. The quantitative estimate of drug-likeness (QED) is 0.768. The van der Waals surface area contributed by atoms with Crippen LogP contribution in [0, 0.1) is 0 Å². The standard InChI is InChI=1S/C17H21N3O3/c1-3-5-11-23-16-12-14(19-17(21)22-4-2)13-18-20(16)15-9-7-6-8-10-15/h6-10,12-13H,3-5,11H2,1-2H3. The number of para-hydroxylation sites is 1. The van der Waals surface area contributed by atoms with Crippen LogP contribution in [0.15, 0.2) is 47.6 Å². The van der Waals surface area contributed by atoms with E-state index in [0.717, 1.165) is 18.5 Å². The molecule has 0 radical (unpaired) electrons. The molecule has 0 bridgehead atoms. The van der Waals surface area contributed by atoms with E-state index in [9.17, 15) is 4.79 Å². The van der Waals surface area contributed by atoms with Gasteiger partial charge in [0.2, 0.25) is 5.88 Å². The van der Waals surface area contributed by atoms with Crippen molar-refractivity contribution in [3.63, 3.8) is 0 Å². The van der Waals surface area contributed by atoms with Crippen molar-refractivity contribution >= 4 is 6.09 Å². The summed E-state index contributed by atoms with van der Waals surface area (Å²) in [7, 11) is 0. The van der Waals surface area contributed by atoms with Crippen molar-refractivity contribution in [2.45, 2.75) is 26.7 Å². The van der Waals surface area contributed by atoms with Crippen molar-refractivity contribution in [3.05, 3.63) is 48.0 Å². The minimum atomic E-state index is -0.633. The minimum absolute atomic E-state index is 0.284. The highest BCUT2D eigenvalue weighted by atomic mass is 16.5. The lowest BCUT2D eigenvalue weighted by molar-refractivity contribution is 0.162. The fourth-order valence-corrected chi connectivity index (χ4v) is 1.91. The number of hydrogen-bond donors (Lipinski definition) is 0. The molecule has 6 heteroatoms. The van der Waals surface area contributed by atoms with Gasteiger partial charge in [0, 0.05) is 6.07 Å². The van der Waals surface area contributed by atoms with Crippen molar-refractivity contribution in [3.8, 4) is 11.6 Å². The number of carbonyl (C=O) groups excluding carboxylic acids is 1. The van der Waals surface area contributed by atoms with Crippen LogP contribution in [0.1, 0.15) is 26.7 Å². The van der Waals surface area contributed by atoms with Crippen molar-refractivity contribution in [2.75, 3.05) is 13.2 Å². The highest BCUT2D eigenvalue weighted by molar-refractivity contribution is 5.68. The Morgan fingerprint density at radius 1 is 1.26 bits per heavy atom. The summed E-state index contributed by atoms with van der Waals surface area (Å²) < 4.78 is 12.3. The molecule has 0 aliphatic carbocycles. The van der Waals surface area contributed by atoms with Gasteiger partial charge in [-0.2, -0.15) is 10.1 Å². The van der Waals surface area contributed by atoms with E-state index in [-0.39, 0.29) is 6.61 Å². The Labute approximate surface area is 135 Å². The highest BCUT2D eigenvalue weighted by Crippen LogP contribution is 2.14. The third-order valence-electron chi connectivity index (χ3n) is 3.02. The molecule has 23 heavy (non-hydrogen) atoms. The largest absolute Gasteiger partial charge is 0.478 e. The van der Waals surface area contributed by atoms with Gasteiger partial charge < -0.3 is 9.47 Å². The molecule has 0 spiro atoms. The molecule has 1 heterocycles. The molecule has 1 amide bonds. The van der Waals surface area contributed by atoms with Crippen LogP contribution in [0.25, 0.3) is 5.69 Å². The van der Waals surface area contributed by atoms with Crippen LogP contribution in [-0.4, -0.2) is 29.1 Å². The zero-order chi connectivity index (χ0) is 16.5. The van der Waals surface area contributed by atoms with Crippen molar-refractivity contribution in [1.29, 1.82) is 0 Å². The summed E-state index contributed by atoms with van der Waals surface area (Å²) in [6.07, 6.45) is 2.85. The number of nitrogens with zero attached hydrogens (tertiary/aromatic N) is 3. The molecule has 2 rings (SSSR count). The van der Waals surface area contributed by atoms with Gasteiger partial charge >= 0.3 is 6.09 Å². The Morgan fingerprint density at radius 3 is 2.74 bits per heavy atom. The van der Waals surface area contributed by atoms with Gasteiger partial charge in [-0.15, -0.1) is 0 Å². The van der Waals surface area contributed by atoms with Gasteiger partial charge in [0.1, 0.15) is 0 Å². The second-order valence-corrected chi connectivity index (χ2v) is 4.81. The third kappa shape index (κ3) is 4.95. The van der Waals surface area contributed by atoms with Gasteiger partial charge in [-0.05, 0) is 25.5 Å². The fourth-order valence-electron chi connectivity index (χ4n) is 1.91. The summed E-state index contributed by atoms with van der Waals surface area (Å²) in [5.74, 6) is 0.537. The maximum atomic E-state index is 11.5. The van der Waals surface area contributed by atoms with Crippen LogP contribution >= 0.6 is 0 Å². The Kier molecular flexibility index (Phi) is 6.35. The van der Waals surface area contributed by atoms with Crippen LogP contribution in [0.5, 0.6) is 5.88 Å². The molecule has 0 fully saturated rings. The van der Waals surface area contributed by atoms with Crippen LogP contribution in [-0.2, 0) is 4.74 Å². The lowest BCUT2D eigenvalue weighted by atomic mass is 10.3. The Bertz CT molecular complexity index is 696. The summed E-state index contributed by atoms with van der Waals surface area (Å²) >= 11 is 0. The van der Waals surface area contributed by atoms with E-state index < -0.39 is 6.09 Å². The third-order valence-corrected chi connectivity index (χ3v) is 3.02. The number of carbonyl (C=O) groups is 1. The van der Waals surface area contributed by atoms with E-state index in [2.05, 4.69) is 17.0 Å². The maximum Gasteiger partial charge on any atom is 0.434 e. The number of aromatic nitrogens is 2. The van der Waals surface area contributed by atoms with E-state index in [1.807, 2.05) is 30.3 Å². The first-order valence-corrected chi connectivity index (χ1v) is 7.73. The number of rotatable bonds is 6. The smallest absolute Gasteiger partial charge is 0.434 e. The zero-order valence-corrected chi connectivity index (χ0v) is 13.4. The van der Waals surface area contributed by atoms with Crippen molar-refractivity contribution in [1.82, 2.24) is 9.78 Å². The van der Waals surface area contributed by atoms with Crippen molar-refractivity contribution in [2.24, 2.45) is 4.99 Å². The first-order chi connectivity index (χ1) is 11.2. The van der Waals surface area contributed by atoms with Gasteiger partial charge in [-0.1, -0.05) is 31.5 Å². The summed E-state index contributed by atoms with van der Waals surface area (Å²) in [5.41, 5.74) is 0.877. The summed E-state index contributed by atoms with van der Waals surface area (Å²) in [6.45, 7) is 4.69. The summed E-state index contributed by atoms with van der Waals surface area (Å²) in [4.78, 5) is 15.3. The molecule has 1 aromatic heterocycles. The summed E-state index contributed by atoms with van der Waals surface area (Å²) in [6, 6.07) is 11.3. The molecule has 0 N–H and O–H groups in total. The second kappa shape index (κ2) is 8.73. The minimum Gasteiger partial charge on any atom is -0.478 e. The van der Waals surface area contributed by atoms with Gasteiger partial charge in [0.25, 0.3) is 0 Å². The Balaban J connectivity index is 2.36. The van der Waals surface area contributed by atoms with Crippen LogP contribution in [0.3, 0.4) is 0 Å². The molecule has 122 valence electrons. The molecule has 0 unspecified atom stereocenters. The first-order valence-electron chi connectivity index (χ1n) is 7.73. The number of benzene rings is 1. The van der Waals surface area contributed by atoms with Crippen molar-refractivity contribution < 1.29 is 14.3 Å². The SMILES string of the molecule is CCCCOc1cc(=NC(=O)OCC)cnn1-c1ccccc1. The topological polar surface area (TPSA) is 65.7 Å². The first kappa shape index (κ1) is 16.7. The molecule has 0 saturated carbocycles. The Morgan fingerprint density at radius 2 is 2.04 bits per heavy atom. The predicted molar refractivity (Wildman–Crippen MR) is 86.6 cm³/mol. The van der Waals surface area contributed by atoms with Gasteiger partial charge in [-0.25, -0.2) is 9.48 Å². The fraction of sp³-hybridized carbons (Fsp3) is 0.353. The lowest BCUT2D eigenvalue weighted by Gasteiger charge is -2.12. The normalized spacial score (nSPS) is 11.3. The van der Waals surface area contributed by atoms with Gasteiger partial charge in [0.05, 0.1) is 30.5 Å². The maximum absolute atomic E-state index is 11.5. The average molecular weight is 315 g/mol. The molecule has 1 aromatic carbocycles. The predicted octanol–water partition coefficient (Wildman–Crippen LogP) is 3.11. The average Bonchev–Trinajstić information content (AvgIpc) is 2.56. The molecular formula is C17H21N3O3. The van der Waals surface area contributed by atoms with E-state index in [0.29, 0.717) is 17.8 Å². The number of ether oxygens (including phenoxy) is 2. The molecule has 2 aromatic rings. The Hall–Kier alpha value is -2.63. The monoisotopic (exact) mass is 315 g/mol. The second-order valence-electron chi connectivity index (χ2n) is 4.81. The lowest BCUT2D eigenvalue weighted by Crippen LogP contribution is -2.16. The number of unbranched alkanes of at least 4 members (excludes halogenated alkanes) is 1. The van der Waals surface area contributed by atoms with E-state index in [1.165, 1.54) is 6.20 Å². The van der Waals surface area contributed by atoms with E-state index >= 15 is 0 Å². The van der Waals surface area contributed by atoms with Crippen LogP contribution in [0.4, 0.5) is 4.79 Å². The number of amides is 1. The molecule has 6 nitrogen and oxygen atoms in total. The molecule has 0 atom stereocenters. The van der Waals surface area contributed by atoms with Crippen LogP contribution in [0.2, 0.25) is 0 Å². The van der Waals surface area contributed by atoms with Gasteiger partial charge in [0.15, 0.2) is 0 Å². The molecule has 0 saturated heterocycles. The number of hydrogen-bond acceptors (Lipinski definition) is 4. The highest BCUT2D eigenvalue weighted by Gasteiger charge is 2.06. The van der Waals surface area contributed by atoms with E-state index in [1.54, 1.807) is 17.7 Å². The molecule has 0 aliphatic rings.